The molecule has 2 rings (SSSR count). The van der Waals surface area contributed by atoms with Gasteiger partial charge in [0.2, 0.25) is 0 Å². The first kappa shape index (κ1) is 17.8. The molecule has 126 valence electrons. The summed E-state index contributed by atoms with van der Waals surface area (Å²) < 4.78 is 0. The fraction of sp³-hybridized carbons (Fsp3) is 0.471. The highest BCUT2D eigenvalue weighted by Crippen LogP contribution is 2.31. The lowest BCUT2D eigenvalue weighted by atomic mass is 10.0. The van der Waals surface area contributed by atoms with E-state index in [-0.39, 0.29) is 24.7 Å². The molecule has 5 nitrogen and oxygen atoms in total. The minimum Gasteiger partial charge on any atom is -0.395 e. The number of urea groups is 1. The minimum absolute atomic E-state index is 0.0275. The number of carbonyl (C=O) groups excluding carboxylic acids is 1. The van der Waals surface area contributed by atoms with Crippen LogP contribution in [0.3, 0.4) is 0 Å². The second-order valence-corrected chi connectivity index (χ2v) is 6.22. The Labute approximate surface area is 142 Å². The zero-order valence-electron chi connectivity index (χ0n) is 13.4. The predicted molar refractivity (Wildman–Crippen MR) is 92.6 cm³/mol. The number of carbonyl (C=O) groups is 1. The van der Waals surface area contributed by atoms with Gasteiger partial charge in [-0.2, -0.15) is 0 Å². The van der Waals surface area contributed by atoms with E-state index >= 15 is 0 Å². The van der Waals surface area contributed by atoms with Gasteiger partial charge in [-0.3, -0.25) is 4.90 Å². The summed E-state index contributed by atoms with van der Waals surface area (Å²) in [7, 11) is 2.06. The van der Waals surface area contributed by atoms with Gasteiger partial charge in [0.05, 0.1) is 18.7 Å². The van der Waals surface area contributed by atoms with Crippen LogP contribution < -0.4 is 5.32 Å². The fourth-order valence-corrected chi connectivity index (χ4v) is 3.17. The first-order valence-corrected chi connectivity index (χ1v) is 8.17. The summed E-state index contributed by atoms with van der Waals surface area (Å²) in [6.07, 6.45) is 2.54. The molecule has 6 heteroatoms. The van der Waals surface area contributed by atoms with Gasteiger partial charge in [0.1, 0.15) is 0 Å². The van der Waals surface area contributed by atoms with E-state index in [1.165, 1.54) is 0 Å². The molecule has 0 spiro atoms. The molecule has 1 aliphatic heterocycles. The maximum absolute atomic E-state index is 12.4. The van der Waals surface area contributed by atoms with E-state index in [9.17, 15) is 4.79 Å². The Balaban J connectivity index is 2.09. The smallest absolute Gasteiger partial charge is 0.318 e. The van der Waals surface area contributed by atoms with Crippen LogP contribution in [0, 0.1) is 0 Å². The molecule has 0 aliphatic carbocycles. The number of halogens is 1. The molecule has 2 amide bonds. The van der Waals surface area contributed by atoms with Gasteiger partial charge in [0.25, 0.3) is 0 Å². The number of amides is 2. The standard InChI is InChI=1S/C17H24ClN3O2/c1-3-9-21(11-12-22)17(23)19-15-8-10-20(2)16(15)13-4-6-14(18)7-5-13/h3-7,15-16,22H,1,8-12H2,2H3,(H,19,23). The Hall–Kier alpha value is -1.56. The second-order valence-electron chi connectivity index (χ2n) is 5.78. The van der Waals surface area contributed by atoms with Crippen molar-refractivity contribution in [3.63, 3.8) is 0 Å². The zero-order chi connectivity index (χ0) is 16.8. The van der Waals surface area contributed by atoms with Crippen LogP contribution in [0.5, 0.6) is 0 Å². The molecule has 1 fully saturated rings. The summed E-state index contributed by atoms with van der Waals surface area (Å²) in [5.74, 6) is 0. The number of hydrogen-bond donors (Lipinski definition) is 2. The first-order chi connectivity index (χ1) is 11.1. The summed E-state index contributed by atoms with van der Waals surface area (Å²) in [5.41, 5.74) is 1.14. The van der Waals surface area contributed by atoms with E-state index in [1.54, 1.807) is 11.0 Å². The zero-order valence-corrected chi connectivity index (χ0v) is 14.2. The minimum atomic E-state index is -0.168. The predicted octanol–water partition coefficient (Wildman–Crippen LogP) is 2.28. The summed E-state index contributed by atoms with van der Waals surface area (Å²) in [4.78, 5) is 16.2. The molecule has 0 radical (unpaired) electrons. The van der Waals surface area contributed by atoms with E-state index in [1.807, 2.05) is 24.3 Å². The molecule has 0 aromatic heterocycles. The molecule has 2 unspecified atom stereocenters. The summed E-state index contributed by atoms with van der Waals surface area (Å²) in [6.45, 7) is 5.22. The van der Waals surface area contributed by atoms with Crippen LogP contribution in [0.2, 0.25) is 5.02 Å². The van der Waals surface area contributed by atoms with Crippen molar-refractivity contribution < 1.29 is 9.90 Å². The van der Waals surface area contributed by atoms with E-state index in [2.05, 4.69) is 23.8 Å². The third kappa shape index (κ3) is 4.47. The number of aliphatic hydroxyl groups excluding tert-OH is 1. The Morgan fingerprint density at radius 2 is 2.22 bits per heavy atom. The normalized spacial score (nSPS) is 21.2. The average Bonchev–Trinajstić information content (AvgIpc) is 2.88. The van der Waals surface area contributed by atoms with Crippen molar-refractivity contribution in [2.24, 2.45) is 0 Å². The van der Waals surface area contributed by atoms with E-state index < -0.39 is 0 Å². The summed E-state index contributed by atoms with van der Waals surface area (Å²) >= 11 is 5.96. The van der Waals surface area contributed by atoms with Crippen LogP contribution >= 0.6 is 11.6 Å². The number of hydrogen-bond acceptors (Lipinski definition) is 3. The topological polar surface area (TPSA) is 55.8 Å². The molecule has 2 atom stereocenters. The highest BCUT2D eigenvalue weighted by atomic mass is 35.5. The van der Waals surface area contributed by atoms with Gasteiger partial charge in [-0.05, 0) is 31.2 Å². The van der Waals surface area contributed by atoms with Crippen LogP contribution in [-0.2, 0) is 0 Å². The highest BCUT2D eigenvalue weighted by molar-refractivity contribution is 6.30. The quantitative estimate of drug-likeness (QED) is 0.783. The lowest BCUT2D eigenvalue weighted by Crippen LogP contribution is -2.47. The molecule has 0 bridgehead atoms. The van der Waals surface area contributed by atoms with Crippen molar-refractivity contribution >= 4 is 17.6 Å². The average molecular weight is 338 g/mol. The van der Waals surface area contributed by atoms with Gasteiger partial charge in [0, 0.05) is 24.7 Å². The van der Waals surface area contributed by atoms with Gasteiger partial charge in [-0.15, -0.1) is 6.58 Å². The molecular formula is C17H24ClN3O2. The molecule has 0 saturated carbocycles. The maximum atomic E-state index is 12.4. The summed E-state index contributed by atoms with van der Waals surface area (Å²) in [6, 6.07) is 7.73. The van der Waals surface area contributed by atoms with Crippen LogP contribution in [-0.4, -0.2) is 60.3 Å². The molecule has 1 aromatic rings. The molecule has 1 heterocycles. The third-order valence-electron chi connectivity index (χ3n) is 4.18. The second kappa shape index (κ2) is 8.34. The SMILES string of the molecule is C=CCN(CCO)C(=O)NC1CCN(C)C1c1ccc(Cl)cc1. The van der Waals surface area contributed by atoms with Gasteiger partial charge in [0.15, 0.2) is 0 Å². The largest absolute Gasteiger partial charge is 0.395 e. The monoisotopic (exact) mass is 337 g/mol. The van der Waals surface area contributed by atoms with Crippen molar-refractivity contribution in [3.05, 3.63) is 47.5 Å². The van der Waals surface area contributed by atoms with Crippen molar-refractivity contribution in [1.29, 1.82) is 0 Å². The number of nitrogens with one attached hydrogen (secondary N) is 1. The molecule has 23 heavy (non-hydrogen) atoms. The van der Waals surface area contributed by atoms with Gasteiger partial charge in [-0.25, -0.2) is 4.79 Å². The maximum Gasteiger partial charge on any atom is 0.318 e. The van der Waals surface area contributed by atoms with Gasteiger partial charge < -0.3 is 15.3 Å². The fourth-order valence-electron chi connectivity index (χ4n) is 3.05. The lowest BCUT2D eigenvalue weighted by molar-refractivity contribution is 0.177. The van der Waals surface area contributed by atoms with Crippen LogP contribution in [0.4, 0.5) is 4.79 Å². The van der Waals surface area contributed by atoms with Gasteiger partial charge in [-0.1, -0.05) is 29.8 Å². The third-order valence-corrected chi connectivity index (χ3v) is 4.43. The van der Waals surface area contributed by atoms with Crippen molar-refractivity contribution in [1.82, 2.24) is 15.1 Å². The molecule has 1 aliphatic rings. The number of likely N-dealkylation sites (tertiary alicyclic amines) is 1. The van der Waals surface area contributed by atoms with Crippen molar-refractivity contribution in [2.45, 2.75) is 18.5 Å². The number of aliphatic hydroxyl groups is 1. The Kier molecular flexibility index (Phi) is 6.45. The highest BCUT2D eigenvalue weighted by Gasteiger charge is 2.34. The number of rotatable bonds is 6. The van der Waals surface area contributed by atoms with Crippen LogP contribution in [0.1, 0.15) is 18.0 Å². The summed E-state index contributed by atoms with van der Waals surface area (Å²) in [5, 5.41) is 12.9. The molecule has 1 saturated heterocycles. The van der Waals surface area contributed by atoms with Crippen LogP contribution in [0.15, 0.2) is 36.9 Å². The van der Waals surface area contributed by atoms with E-state index in [0.29, 0.717) is 18.1 Å². The Bertz CT molecular complexity index is 535. The Morgan fingerprint density at radius 3 is 2.83 bits per heavy atom. The number of likely N-dealkylation sites (N-methyl/N-ethyl adjacent to an activating group) is 1. The first-order valence-electron chi connectivity index (χ1n) is 7.79. The lowest BCUT2D eigenvalue weighted by Gasteiger charge is -2.29. The Morgan fingerprint density at radius 1 is 1.52 bits per heavy atom. The van der Waals surface area contributed by atoms with E-state index in [0.717, 1.165) is 18.5 Å². The molecular weight excluding hydrogens is 314 g/mol. The molecule has 2 N–H and O–H groups in total. The number of benzene rings is 1. The van der Waals surface area contributed by atoms with Gasteiger partial charge >= 0.3 is 6.03 Å². The van der Waals surface area contributed by atoms with Crippen molar-refractivity contribution in [2.75, 3.05) is 33.3 Å². The van der Waals surface area contributed by atoms with Crippen LogP contribution in [0.25, 0.3) is 0 Å². The van der Waals surface area contributed by atoms with E-state index in [4.69, 9.17) is 16.7 Å². The van der Waals surface area contributed by atoms with Crippen molar-refractivity contribution in [3.8, 4) is 0 Å². The number of nitrogens with zero attached hydrogens (tertiary/aromatic N) is 2. The molecule has 1 aromatic carbocycles.